The minimum Gasteiger partial charge on any atom is -0.480 e. The van der Waals surface area contributed by atoms with Crippen LogP contribution in [0, 0.1) is 0 Å². The molecule has 17 heteroatoms. The van der Waals surface area contributed by atoms with E-state index < -0.39 is 33.3 Å². The van der Waals surface area contributed by atoms with Crippen molar-refractivity contribution < 1.29 is 40.7 Å². The SMILES string of the molecule is CCCS(=O)(=O)Nc1cc(-c2cc(NC(=O)c3csc(OC(=O)C(F)(F)F)n3)c3cn[nH]c3c2)cnc1OC. The molecule has 1 aromatic carbocycles. The van der Waals surface area contributed by atoms with Gasteiger partial charge in [-0.25, -0.2) is 18.2 Å². The number of anilines is 2. The largest absolute Gasteiger partial charge is 0.491 e. The summed E-state index contributed by atoms with van der Waals surface area (Å²) < 4.78 is 73.8. The van der Waals surface area contributed by atoms with Gasteiger partial charge in [0.05, 0.1) is 30.3 Å². The second-order valence-electron chi connectivity index (χ2n) is 7.90. The molecule has 0 saturated carbocycles. The zero-order valence-electron chi connectivity index (χ0n) is 20.1. The number of carbonyl (C=O) groups excluding carboxylic acids is 2. The van der Waals surface area contributed by atoms with E-state index in [-0.39, 0.29) is 28.7 Å². The van der Waals surface area contributed by atoms with Gasteiger partial charge in [-0.1, -0.05) is 18.3 Å². The van der Waals surface area contributed by atoms with Gasteiger partial charge in [-0.3, -0.25) is 14.6 Å². The molecule has 0 saturated heterocycles. The van der Waals surface area contributed by atoms with Crippen molar-refractivity contribution in [3.8, 4) is 22.2 Å². The number of benzene rings is 1. The number of nitrogens with one attached hydrogen (secondary N) is 3. The molecular formula is C22H19F3N6O6S2. The number of hydrogen-bond acceptors (Lipinski definition) is 10. The number of esters is 1. The van der Waals surface area contributed by atoms with Crippen LogP contribution in [0.5, 0.6) is 11.1 Å². The molecule has 0 aliphatic heterocycles. The van der Waals surface area contributed by atoms with Crippen molar-refractivity contribution in [2.75, 3.05) is 22.9 Å². The number of sulfonamides is 1. The Morgan fingerprint density at radius 1 is 1.13 bits per heavy atom. The number of methoxy groups -OCH3 is 1. The first kappa shape index (κ1) is 27.8. The van der Waals surface area contributed by atoms with E-state index >= 15 is 0 Å². The van der Waals surface area contributed by atoms with Crippen LogP contribution in [-0.4, -0.2) is 59.5 Å². The zero-order chi connectivity index (χ0) is 28.4. The first-order valence-corrected chi connectivity index (χ1v) is 13.5. The summed E-state index contributed by atoms with van der Waals surface area (Å²) in [4.78, 5) is 31.7. The molecule has 3 aromatic heterocycles. The number of fused-ring (bicyclic) bond motifs is 1. The van der Waals surface area contributed by atoms with Crippen molar-refractivity contribution in [2.45, 2.75) is 19.5 Å². The van der Waals surface area contributed by atoms with Crippen LogP contribution in [0.3, 0.4) is 0 Å². The Kier molecular flexibility index (Phi) is 7.73. The van der Waals surface area contributed by atoms with E-state index in [1.165, 1.54) is 25.6 Å². The maximum atomic E-state index is 12.8. The van der Waals surface area contributed by atoms with Gasteiger partial charge in [-0.15, -0.1) is 0 Å². The maximum Gasteiger partial charge on any atom is 0.491 e. The van der Waals surface area contributed by atoms with Crippen LogP contribution in [0.2, 0.25) is 0 Å². The van der Waals surface area contributed by atoms with Crippen molar-refractivity contribution in [3.63, 3.8) is 0 Å². The zero-order valence-corrected chi connectivity index (χ0v) is 21.8. The Morgan fingerprint density at radius 3 is 2.56 bits per heavy atom. The molecular weight excluding hydrogens is 565 g/mol. The second-order valence-corrected chi connectivity index (χ2v) is 10.6. The lowest BCUT2D eigenvalue weighted by molar-refractivity contribution is -0.189. The number of carbonyl (C=O) groups is 2. The number of aromatic nitrogens is 4. The van der Waals surface area contributed by atoms with Gasteiger partial charge in [0.15, 0.2) is 0 Å². The number of pyridine rings is 1. The van der Waals surface area contributed by atoms with E-state index in [1.807, 2.05) is 0 Å². The Labute approximate surface area is 222 Å². The fraction of sp³-hybridized carbons (Fsp3) is 0.227. The van der Waals surface area contributed by atoms with E-state index in [2.05, 4.69) is 34.9 Å². The molecule has 0 aliphatic carbocycles. The number of amides is 1. The minimum absolute atomic E-state index is 0.0557. The minimum atomic E-state index is -5.21. The number of thiazole rings is 1. The lowest BCUT2D eigenvalue weighted by atomic mass is 10.0. The molecule has 1 amide bonds. The lowest BCUT2D eigenvalue weighted by Crippen LogP contribution is -2.28. The maximum absolute atomic E-state index is 12.8. The van der Waals surface area contributed by atoms with Gasteiger partial charge in [0, 0.05) is 22.5 Å². The number of H-pyrrole nitrogens is 1. The highest BCUT2D eigenvalue weighted by Crippen LogP contribution is 2.34. The van der Waals surface area contributed by atoms with Gasteiger partial charge in [-0.05, 0) is 30.2 Å². The molecule has 0 unspecified atom stereocenters. The molecule has 0 atom stereocenters. The van der Waals surface area contributed by atoms with Crippen LogP contribution >= 0.6 is 11.3 Å². The molecule has 39 heavy (non-hydrogen) atoms. The molecule has 0 radical (unpaired) electrons. The number of ether oxygens (including phenoxy) is 2. The number of hydrogen-bond donors (Lipinski definition) is 3. The number of halogens is 3. The first-order chi connectivity index (χ1) is 18.4. The number of alkyl halides is 3. The smallest absolute Gasteiger partial charge is 0.480 e. The fourth-order valence-electron chi connectivity index (χ4n) is 3.39. The van der Waals surface area contributed by atoms with Crippen molar-refractivity contribution in [1.29, 1.82) is 0 Å². The third kappa shape index (κ3) is 6.43. The molecule has 3 heterocycles. The number of rotatable bonds is 9. The second kappa shape index (κ2) is 10.9. The van der Waals surface area contributed by atoms with Crippen LogP contribution in [0.4, 0.5) is 24.5 Å². The lowest BCUT2D eigenvalue weighted by Gasteiger charge is -2.13. The molecule has 4 aromatic rings. The van der Waals surface area contributed by atoms with Crippen LogP contribution in [0.15, 0.2) is 36.0 Å². The third-order valence-corrected chi connectivity index (χ3v) is 7.24. The van der Waals surface area contributed by atoms with Crippen LogP contribution < -0.4 is 19.5 Å². The molecule has 0 bridgehead atoms. The van der Waals surface area contributed by atoms with Crippen LogP contribution in [0.25, 0.3) is 22.0 Å². The Hall–Kier alpha value is -4.25. The van der Waals surface area contributed by atoms with Crippen LogP contribution in [0.1, 0.15) is 23.8 Å². The first-order valence-electron chi connectivity index (χ1n) is 11.0. The summed E-state index contributed by atoms with van der Waals surface area (Å²) in [5.41, 5.74) is 1.56. The highest BCUT2D eigenvalue weighted by atomic mass is 32.2. The Balaban J connectivity index is 1.64. The van der Waals surface area contributed by atoms with Crippen LogP contribution in [-0.2, 0) is 14.8 Å². The quantitative estimate of drug-likeness (QED) is 0.247. The molecule has 12 nitrogen and oxygen atoms in total. The predicted molar refractivity (Wildman–Crippen MR) is 135 cm³/mol. The van der Waals surface area contributed by atoms with E-state index in [9.17, 15) is 31.2 Å². The standard InChI is InChI=1S/C22H19F3N6O6S2/c1-3-4-39(34,35)31-16-7-12(8-26-19(16)36-2)11-5-14(13-9-27-30-15(13)6-11)28-18(32)17-10-38-21(29-17)37-20(33)22(23,24)25/h5-10,31H,3-4H2,1-2H3,(H,27,30)(H,28,32). The average molecular weight is 585 g/mol. The average Bonchev–Trinajstić information content (AvgIpc) is 3.53. The summed E-state index contributed by atoms with van der Waals surface area (Å²) in [5, 5.41) is 10.3. The summed E-state index contributed by atoms with van der Waals surface area (Å²) in [6.45, 7) is 1.72. The normalized spacial score (nSPS) is 11.8. The highest BCUT2D eigenvalue weighted by Gasteiger charge is 2.42. The summed E-state index contributed by atoms with van der Waals surface area (Å²) in [6, 6.07) is 4.79. The summed E-state index contributed by atoms with van der Waals surface area (Å²) >= 11 is 0.541. The Bertz CT molecular complexity index is 1650. The number of nitrogens with zero attached hydrogens (tertiary/aromatic N) is 3. The molecule has 0 spiro atoms. The fourth-order valence-corrected chi connectivity index (χ4v) is 5.15. The monoisotopic (exact) mass is 584 g/mol. The predicted octanol–water partition coefficient (Wildman–Crippen LogP) is 3.96. The van der Waals surface area contributed by atoms with Gasteiger partial charge < -0.3 is 14.8 Å². The molecule has 0 aliphatic rings. The Morgan fingerprint density at radius 2 is 1.87 bits per heavy atom. The summed E-state index contributed by atoms with van der Waals surface area (Å²) in [5.74, 6) is -3.30. The molecule has 206 valence electrons. The van der Waals surface area contributed by atoms with E-state index in [0.717, 1.165) is 5.38 Å². The van der Waals surface area contributed by atoms with Crippen molar-refractivity contribution in [3.05, 3.63) is 41.7 Å². The van der Waals surface area contributed by atoms with Crippen molar-refractivity contribution in [2.24, 2.45) is 0 Å². The highest BCUT2D eigenvalue weighted by molar-refractivity contribution is 7.92. The van der Waals surface area contributed by atoms with E-state index in [4.69, 9.17) is 4.74 Å². The number of aromatic amines is 1. The molecule has 4 rings (SSSR count). The summed E-state index contributed by atoms with van der Waals surface area (Å²) in [7, 11) is -2.31. The van der Waals surface area contributed by atoms with Gasteiger partial charge in [0.1, 0.15) is 11.4 Å². The van der Waals surface area contributed by atoms with E-state index in [0.29, 0.717) is 39.8 Å². The van der Waals surface area contributed by atoms with Crippen molar-refractivity contribution >= 4 is 55.5 Å². The van der Waals surface area contributed by atoms with Crippen molar-refractivity contribution in [1.82, 2.24) is 20.2 Å². The topological polar surface area (TPSA) is 165 Å². The van der Waals surface area contributed by atoms with Gasteiger partial charge in [0.2, 0.25) is 15.9 Å². The third-order valence-electron chi connectivity index (χ3n) is 5.05. The van der Waals surface area contributed by atoms with Gasteiger partial charge in [-0.2, -0.15) is 23.3 Å². The van der Waals surface area contributed by atoms with E-state index in [1.54, 1.807) is 19.1 Å². The molecule has 3 N–H and O–H groups in total. The summed E-state index contributed by atoms with van der Waals surface area (Å²) in [6.07, 6.45) is -1.92. The van der Waals surface area contributed by atoms with Gasteiger partial charge in [0.25, 0.3) is 11.1 Å². The van der Waals surface area contributed by atoms with Gasteiger partial charge >= 0.3 is 12.1 Å². The molecule has 0 fully saturated rings.